The average Bonchev–Trinajstić information content (AvgIpc) is 2.26. The van der Waals surface area contributed by atoms with Gasteiger partial charge < -0.3 is 9.84 Å². The van der Waals surface area contributed by atoms with Crippen LogP contribution in [0.1, 0.15) is 25.0 Å². The van der Waals surface area contributed by atoms with E-state index in [1.54, 1.807) is 37.3 Å². The molecule has 0 saturated heterocycles. The van der Waals surface area contributed by atoms with E-state index < -0.39 is 18.0 Å². The molecule has 80 valence electrons. The zero-order valence-corrected chi connectivity index (χ0v) is 8.34. The minimum absolute atomic E-state index is 0.163. The lowest BCUT2D eigenvalue weighted by Gasteiger charge is -2.13. The zero-order valence-electron chi connectivity index (χ0n) is 8.34. The van der Waals surface area contributed by atoms with E-state index in [9.17, 15) is 9.59 Å². The Morgan fingerprint density at radius 2 is 1.93 bits per heavy atom. The van der Waals surface area contributed by atoms with Crippen LogP contribution in [0.4, 0.5) is 0 Å². The molecule has 1 aromatic rings. The Bertz CT molecular complexity index is 345. The van der Waals surface area contributed by atoms with Crippen LogP contribution in [-0.2, 0) is 14.3 Å². The number of carboxylic acids is 1. The summed E-state index contributed by atoms with van der Waals surface area (Å²) in [6.45, 7) is 1.62. The van der Waals surface area contributed by atoms with Gasteiger partial charge in [0.15, 0.2) is 0 Å². The van der Waals surface area contributed by atoms with E-state index >= 15 is 0 Å². The molecule has 1 unspecified atom stereocenters. The van der Waals surface area contributed by atoms with Gasteiger partial charge in [-0.1, -0.05) is 37.3 Å². The molecule has 0 aliphatic rings. The second kappa shape index (κ2) is 5.14. The quantitative estimate of drug-likeness (QED) is 0.766. The van der Waals surface area contributed by atoms with E-state index in [0.717, 1.165) is 0 Å². The van der Waals surface area contributed by atoms with E-state index in [1.165, 1.54) is 0 Å². The van der Waals surface area contributed by atoms with E-state index in [1.807, 2.05) is 0 Å². The maximum absolute atomic E-state index is 11.0. The Labute approximate surface area is 87.5 Å². The lowest BCUT2D eigenvalue weighted by atomic mass is 10.1. The number of aliphatic carboxylic acids is 1. The van der Waals surface area contributed by atoms with Gasteiger partial charge in [-0.3, -0.25) is 4.79 Å². The maximum Gasteiger partial charge on any atom is 0.349 e. The smallest absolute Gasteiger partial charge is 0.349 e. The Morgan fingerprint density at radius 1 is 1.33 bits per heavy atom. The van der Waals surface area contributed by atoms with E-state index in [0.29, 0.717) is 5.56 Å². The molecule has 0 fully saturated rings. The first-order valence-corrected chi connectivity index (χ1v) is 4.62. The molecule has 0 aliphatic heterocycles. The minimum atomic E-state index is -1.21. The third kappa shape index (κ3) is 3.09. The van der Waals surface area contributed by atoms with Crippen molar-refractivity contribution < 1.29 is 19.4 Å². The lowest BCUT2D eigenvalue weighted by molar-refractivity contribution is -0.164. The van der Waals surface area contributed by atoms with Gasteiger partial charge in [-0.15, -0.1) is 0 Å². The molecule has 1 rings (SSSR count). The van der Waals surface area contributed by atoms with Gasteiger partial charge in [0.05, 0.1) is 0 Å². The first kappa shape index (κ1) is 11.2. The van der Waals surface area contributed by atoms with Crippen LogP contribution in [0.15, 0.2) is 30.3 Å². The SMILES string of the molecule is CCC(=O)OC(C(=O)O)c1ccccc1. The van der Waals surface area contributed by atoms with Crippen molar-refractivity contribution in [2.24, 2.45) is 0 Å². The Kier molecular flexibility index (Phi) is 3.85. The summed E-state index contributed by atoms with van der Waals surface area (Å²) in [5, 5.41) is 8.89. The number of carbonyl (C=O) groups excluding carboxylic acids is 1. The standard InChI is InChI=1S/C11H12O4/c1-2-9(12)15-10(11(13)14)8-6-4-3-5-7-8/h3-7,10H,2H2,1H3,(H,13,14). The number of carboxylic acid groups (broad SMARTS) is 1. The van der Waals surface area contributed by atoms with Gasteiger partial charge in [-0.25, -0.2) is 4.79 Å². The largest absolute Gasteiger partial charge is 0.478 e. The number of carbonyl (C=O) groups is 2. The van der Waals surface area contributed by atoms with Crippen LogP contribution in [0.25, 0.3) is 0 Å². The van der Waals surface area contributed by atoms with Crippen LogP contribution in [-0.4, -0.2) is 17.0 Å². The molecule has 0 bridgehead atoms. The second-order valence-corrected chi connectivity index (χ2v) is 2.97. The lowest BCUT2D eigenvalue weighted by Crippen LogP contribution is -2.18. The number of esters is 1. The summed E-state index contributed by atoms with van der Waals surface area (Å²) < 4.78 is 4.81. The van der Waals surface area contributed by atoms with Gasteiger partial charge in [-0.2, -0.15) is 0 Å². The molecular weight excluding hydrogens is 196 g/mol. The number of ether oxygens (including phenoxy) is 1. The van der Waals surface area contributed by atoms with Crippen LogP contribution in [0, 0.1) is 0 Å². The van der Waals surface area contributed by atoms with Gasteiger partial charge in [0, 0.05) is 12.0 Å². The third-order valence-corrected chi connectivity index (χ3v) is 1.86. The molecule has 1 aromatic carbocycles. The van der Waals surface area contributed by atoms with E-state index in [-0.39, 0.29) is 6.42 Å². The van der Waals surface area contributed by atoms with Crippen molar-refractivity contribution in [3.63, 3.8) is 0 Å². The van der Waals surface area contributed by atoms with Crippen LogP contribution in [0.3, 0.4) is 0 Å². The molecule has 1 atom stereocenters. The first-order valence-electron chi connectivity index (χ1n) is 4.62. The van der Waals surface area contributed by atoms with Crippen LogP contribution < -0.4 is 0 Å². The van der Waals surface area contributed by atoms with Crippen molar-refractivity contribution in [3.8, 4) is 0 Å². The summed E-state index contributed by atoms with van der Waals surface area (Å²) >= 11 is 0. The summed E-state index contributed by atoms with van der Waals surface area (Å²) in [4.78, 5) is 21.9. The van der Waals surface area contributed by atoms with Crippen molar-refractivity contribution in [3.05, 3.63) is 35.9 Å². The molecule has 0 saturated carbocycles. The van der Waals surface area contributed by atoms with Crippen molar-refractivity contribution >= 4 is 11.9 Å². The van der Waals surface area contributed by atoms with Crippen molar-refractivity contribution in [1.29, 1.82) is 0 Å². The predicted octanol–water partition coefficient (Wildman–Crippen LogP) is 1.77. The normalized spacial score (nSPS) is 11.8. The monoisotopic (exact) mass is 208 g/mol. The highest BCUT2D eigenvalue weighted by molar-refractivity contribution is 5.79. The Balaban J connectivity index is 2.84. The maximum atomic E-state index is 11.0. The number of rotatable bonds is 4. The fourth-order valence-electron chi connectivity index (χ4n) is 1.10. The molecular formula is C11H12O4. The second-order valence-electron chi connectivity index (χ2n) is 2.97. The fourth-order valence-corrected chi connectivity index (χ4v) is 1.10. The molecule has 4 heteroatoms. The number of hydrogen-bond donors (Lipinski definition) is 1. The van der Waals surface area contributed by atoms with Gasteiger partial charge in [0.1, 0.15) is 0 Å². The van der Waals surface area contributed by atoms with Crippen LogP contribution in [0.2, 0.25) is 0 Å². The average molecular weight is 208 g/mol. The summed E-state index contributed by atoms with van der Waals surface area (Å²) in [6.07, 6.45) is -1.05. The fraction of sp³-hybridized carbons (Fsp3) is 0.273. The summed E-state index contributed by atoms with van der Waals surface area (Å²) in [5.74, 6) is -1.69. The molecule has 1 N–H and O–H groups in total. The van der Waals surface area contributed by atoms with E-state index in [2.05, 4.69) is 0 Å². The summed E-state index contributed by atoms with van der Waals surface area (Å²) in [6, 6.07) is 8.39. The van der Waals surface area contributed by atoms with Gasteiger partial charge >= 0.3 is 11.9 Å². The Hall–Kier alpha value is -1.84. The predicted molar refractivity (Wildman–Crippen MR) is 53.2 cm³/mol. The highest BCUT2D eigenvalue weighted by Gasteiger charge is 2.23. The molecule has 15 heavy (non-hydrogen) atoms. The van der Waals surface area contributed by atoms with Crippen LogP contribution >= 0.6 is 0 Å². The molecule has 0 amide bonds. The first-order chi connectivity index (χ1) is 7.15. The van der Waals surface area contributed by atoms with Gasteiger partial charge in [0.25, 0.3) is 0 Å². The van der Waals surface area contributed by atoms with Crippen molar-refractivity contribution in [2.75, 3.05) is 0 Å². The van der Waals surface area contributed by atoms with E-state index in [4.69, 9.17) is 9.84 Å². The highest BCUT2D eigenvalue weighted by Crippen LogP contribution is 2.17. The molecule has 0 aliphatic carbocycles. The van der Waals surface area contributed by atoms with Gasteiger partial charge in [0.2, 0.25) is 6.10 Å². The topological polar surface area (TPSA) is 63.6 Å². The molecule has 0 spiro atoms. The molecule has 0 aromatic heterocycles. The molecule has 0 radical (unpaired) electrons. The summed E-state index contributed by atoms with van der Waals surface area (Å²) in [5.41, 5.74) is 0.465. The molecule has 4 nitrogen and oxygen atoms in total. The third-order valence-electron chi connectivity index (χ3n) is 1.86. The number of hydrogen-bond acceptors (Lipinski definition) is 3. The summed E-state index contributed by atoms with van der Waals surface area (Å²) in [7, 11) is 0. The van der Waals surface area contributed by atoms with Gasteiger partial charge in [-0.05, 0) is 0 Å². The Morgan fingerprint density at radius 3 is 2.40 bits per heavy atom. The van der Waals surface area contributed by atoms with Crippen LogP contribution in [0.5, 0.6) is 0 Å². The van der Waals surface area contributed by atoms with Crippen molar-refractivity contribution in [2.45, 2.75) is 19.4 Å². The minimum Gasteiger partial charge on any atom is -0.478 e. The molecule has 0 heterocycles. The highest BCUT2D eigenvalue weighted by atomic mass is 16.6. The van der Waals surface area contributed by atoms with Crippen molar-refractivity contribution in [1.82, 2.24) is 0 Å². The zero-order chi connectivity index (χ0) is 11.3. The number of benzene rings is 1.